The molecule has 4 rings (SSSR count). The smallest absolute Gasteiger partial charge is 0.407 e. The summed E-state index contributed by atoms with van der Waals surface area (Å²) in [4.78, 5) is 36.7. The first kappa shape index (κ1) is 25.1. The van der Waals surface area contributed by atoms with Gasteiger partial charge in [-0.25, -0.2) is 4.79 Å². The van der Waals surface area contributed by atoms with E-state index in [9.17, 15) is 14.4 Å². The minimum Gasteiger partial charge on any atom is -0.481 e. The normalized spacial score (nSPS) is 19.5. The molecule has 3 N–H and O–H groups in total. The average molecular weight is 497 g/mol. The Balaban J connectivity index is 1.34. The van der Waals surface area contributed by atoms with Crippen molar-refractivity contribution in [2.45, 2.75) is 50.1 Å². The second kappa shape index (κ2) is 11.6. The van der Waals surface area contributed by atoms with Crippen molar-refractivity contribution in [2.75, 3.05) is 18.6 Å². The number of rotatable bonds is 10. The highest BCUT2D eigenvalue weighted by Gasteiger charge is 2.32. The van der Waals surface area contributed by atoms with Crippen LogP contribution in [0.4, 0.5) is 4.79 Å². The molecule has 0 unspecified atom stereocenters. The van der Waals surface area contributed by atoms with E-state index in [1.165, 1.54) is 0 Å². The van der Waals surface area contributed by atoms with Crippen molar-refractivity contribution in [3.63, 3.8) is 0 Å². The number of alkyl carbamates (subject to hydrolysis) is 1. The molecule has 2 aliphatic rings. The van der Waals surface area contributed by atoms with Crippen LogP contribution in [-0.2, 0) is 14.3 Å². The van der Waals surface area contributed by atoms with E-state index < -0.39 is 18.1 Å². The number of nitrogens with one attached hydrogen (secondary N) is 2. The lowest BCUT2D eigenvalue weighted by molar-refractivity contribution is -0.138. The minimum absolute atomic E-state index is 0.0451. The molecule has 2 amide bonds. The van der Waals surface area contributed by atoms with Crippen LogP contribution in [0.25, 0.3) is 11.1 Å². The number of carboxylic acids is 1. The zero-order chi connectivity index (χ0) is 24.8. The lowest BCUT2D eigenvalue weighted by atomic mass is 9.98. The van der Waals surface area contributed by atoms with Crippen LogP contribution in [0, 0.1) is 5.92 Å². The Morgan fingerprint density at radius 1 is 1.06 bits per heavy atom. The van der Waals surface area contributed by atoms with Gasteiger partial charge in [-0.1, -0.05) is 48.5 Å². The molecule has 0 bridgehead atoms. The number of aliphatic carboxylic acids is 1. The van der Waals surface area contributed by atoms with Crippen LogP contribution in [0.2, 0.25) is 0 Å². The molecule has 3 atom stereocenters. The minimum atomic E-state index is -0.809. The predicted molar refractivity (Wildman–Crippen MR) is 137 cm³/mol. The van der Waals surface area contributed by atoms with Gasteiger partial charge in [0.2, 0.25) is 5.91 Å². The van der Waals surface area contributed by atoms with E-state index in [0.717, 1.165) is 35.1 Å². The topological polar surface area (TPSA) is 105 Å². The van der Waals surface area contributed by atoms with Crippen LogP contribution < -0.4 is 10.6 Å². The number of ether oxygens (including phenoxy) is 1. The summed E-state index contributed by atoms with van der Waals surface area (Å²) in [6.45, 7) is 0.191. The van der Waals surface area contributed by atoms with Crippen molar-refractivity contribution < 1.29 is 24.2 Å². The van der Waals surface area contributed by atoms with Crippen molar-refractivity contribution in [2.24, 2.45) is 5.92 Å². The zero-order valence-electron chi connectivity index (χ0n) is 19.9. The zero-order valence-corrected chi connectivity index (χ0v) is 20.7. The van der Waals surface area contributed by atoms with E-state index in [0.29, 0.717) is 18.6 Å². The second-order valence-corrected chi connectivity index (χ2v) is 10.3. The largest absolute Gasteiger partial charge is 0.481 e. The Bertz CT molecular complexity index is 1030. The molecule has 1 fully saturated rings. The van der Waals surface area contributed by atoms with Crippen molar-refractivity contribution in [1.82, 2.24) is 10.6 Å². The van der Waals surface area contributed by atoms with E-state index in [2.05, 4.69) is 34.9 Å². The summed E-state index contributed by atoms with van der Waals surface area (Å²) >= 11 is 1.61. The van der Waals surface area contributed by atoms with Gasteiger partial charge in [0.15, 0.2) is 0 Å². The third-order valence-electron chi connectivity index (χ3n) is 6.91. The molecule has 2 aromatic rings. The van der Waals surface area contributed by atoms with Crippen LogP contribution in [0.5, 0.6) is 0 Å². The summed E-state index contributed by atoms with van der Waals surface area (Å²) in [5.41, 5.74) is 4.59. The molecule has 186 valence electrons. The van der Waals surface area contributed by atoms with E-state index >= 15 is 0 Å². The lowest BCUT2D eigenvalue weighted by Crippen LogP contribution is -2.49. The number of fused-ring (bicyclic) bond motifs is 3. The predicted octanol–water partition coefficient (Wildman–Crippen LogP) is 4.41. The van der Waals surface area contributed by atoms with Crippen LogP contribution >= 0.6 is 11.8 Å². The first-order valence-electron chi connectivity index (χ1n) is 12.1. The number of carbonyl (C=O) groups excluding carboxylic acids is 2. The van der Waals surface area contributed by atoms with Gasteiger partial charge < -0.3 is 20.5 Å². The van der Waals surface area contributed by atoms with Gasteiger partial charge >= 0.3 is 12.1 Å². The fourth-order valence-electron chi connectivity index (χ4n) is 5.23. The molecule has 0 aliphatic heterocycles. The van der Waals surface area contributed by atoms with E-state index in [-0.39, 0.29) is 36.8 Å². The highest BCUT2D eigenvalue weighted by molar-refractivity contribution is 7.98. The quantitative estimate of drug-likeness (QED) is 0.450. The number of hydrogen-bond acceptors (Lipinski definition) is 5. The van der Waals surface area contributed by atoms with Gasteiger partial charge in [0.25, 0.3) is 0 Å². The third kappa shape index (κ3) is 6.17. The first-order chi connectivity index (χ1) is 17.0. The summed E-state index contributed by atoms with van der Waals surface area (Å²) in [6, 6.07) is 15.5. The molecular formula is C27H32N2O5S. The molecule has 0 saturated heterocycles. The first-order valence-corrected chi connectivity index (χ1v) is 13.5. The molecule has 35 heavy (non-hydrogen) atoms. The number of carboxylic acid groups (broad SMARTS) is 1. The Labute approximate surface area is 210 Å². The standard InChI is InChI=1S/C27H32N2O5S/c1-35-13-12-24(26(32)28-18-11-10-17(14-18)15-25(30)31)29-27(33)34-16-23-21-8-4-2-6-19(21)20-7-3-5-9-22(20)23/h2-9,17-18,23-24H,10-16H2,1H3,(H,28,32)(H,29,33)(H,30,31)/t17-,18+,24-/m0/s1. The Morgan fingerprint density at radius 3 is 2.34 bits per heavy atom. The highest BCUT2D eigenvalue weighted by Crippen LogP contribution is 2.44. The van der Waals surface area contributed by atoms with Gasteiger partial charge in [-0.3, -0.25) is 9.59 Å². The van der Waals surface area contributed by atoms with Crippen molar-refractivity contribution in [3.8, 4) is 11.1 Å². The number of benzene rings is 2. The monoisotopic (exact) mass is 496 g/mol. The number of thioether (sulfide) groups is 1. The van der Waals surface area contributed by atoms with E-state index in [1.54, 1.807) is 11.8 Å². The molecule has 2 aliphatic carbocycles. The lowest BCUT2D eigenvalue weighted by Gasteiger charge is -2.21. The molecule has 0 spiro atoms. The van der Waals surface area contributed by atoms with Gasteiger partial charge in [0, 0.05) is 18.4 Å². The maximum atomic E-state index is 13.0. The molecular weight excluding hydrogens is 464 g/mol. The number of carbonyl (C=O) groups is 3. The summed E-state index contributed by atoms with van der Waals surface area (Å²) in [7, 11) is 0. The second-order valence-electron chi connectivity index (χ2n) is 9.29. The maximum absolute atomic E-state index is 13.0. The van der Waals surface area contributed by atoms with Crippen molar-refractivity contribution in [3.05, 3.63) is 59.7 Å². The number of hydrogen-bond donors (Lipinski definition) is 3. The van der Waals surface area contributed by atoms with E-state index in [1.807, 2.05) is 30.5 Å². The summed E-state index contributed by atoms with van der Waals surface area (Å²) in [5, 5.41) is 14.8. The van der Waals surface area contributed by atoms with Gasteiger partial charge in [-0.05, 0) is 65.9 Å². The van der Waals surface area contributed by atoms with Gasteiger partial charge in [0.1, 0.15) is 12.6 Å². The maximum Gasteiger partial charge on any atom is 0.407 e. The summed E-state index contributed by atoms with van der Waals surface area (Å²) < 4.78 is 5.63. The van der Waals surface area contributed by atoms with Crippen LogP contribution in [-0.4, -0.2) is 53.8 Å². The summed E-state index contributed by atoms with van der Waals surface area (Å²) in [6.07, 6.45) is 4.15. The summed E-state index contributed by atoms with van der Waals surface area (Å²) in [5.74, 6) is -0.298. The van der Waals surface area contributed by atoms with Gasteiger partial charge in [-0.15, -0.1) is 0 Å². The molecule has 0 heterocycles. The van der Waals surface area contributed by atoms with Crippen molar-refractivity contribution >= 4 is 29.7 Å². The van der Waals surface area contributed by atoms with Crippen molar-refractivity contribution in [1.29, 1.82) is 0 Å². The Morgan fingerprint density at radius 2 is 1.71 bits per heavy atom. The molecule has 1 saturated carbocycles. The molecule has 2 aromatic carbocycles. The SMILES string of the molecule is CSCC[C@H](NC(=O)OCC1c2ccccc2-c2ccccc21)C(=O)N[C@@H]1CC[C@H](CC(=O)O)C1. The van der Waals surface area contributed by atoms with E-state index in [4.69, 9.17) is 9.84 Å². The Kier molecular flexibility index (Phi) is 8.33. The number of amides is 2. The molecule has 8 heteroatoms. The fraction of sp³-hybridized carbons (Fsp3) is 0.444. The molecule has 0 radical (unpaired) electrons. The Hall–Kier alpha value is -3.00. The average Bonchev–Trinajstić information content (AvgIpc) is 3.41. The fourth-order valence-corrected chi connectivity index (χ4v) is 5.70. The molecule has 0 aromatic heterocycles. The van der Waals surface area contributed by atoms with Crippen LogP contribution in [0.3, 0.4) is 0 Å². The highest BCUT2D eigenvalue weighted by atomic mass is 32.2. The van der Waals surface area contributed by atoms with Crippen LogP contribution in [0.1, 0.15) is 49.1 Å². The van der Waals surface area contributed by atoms with Crippen LogP contribution in [0.15, 0.2) is 48.5 Å². The van der Waals surface area contributed by atoms with Gasteiger partial charge in [0.05, 0.1) is 0 Å². The third-order valence-corrected chi connectivity index (χ3v) is 7.56. The molecule has 7 nitrogen and oxygen atoms in total. The van der Waals surface area contributed by atoms with Gasteiger partial charge in [-0.2, -0.15) is 11.8 Å².